The minimum Gasteiger partial charge on any atom is -0.388 e. The average Bonchev–Trinajstić information content (AvgIpc) is 3.25. The monoisotopic (exact) mass is 386 g/mol. The molecule has 1 saturated carbocycles. The molecule has 0 spiro atoms. The third-order valence-corrected chi connectivity index (χ3v) is 4.85. The van der Waals surface area contributed by atoms with Crippen LogP contribution in [0.15, 0.2) is 24.3 Å². The summed E-state index contributed by atoms with van der Waals surface area (Å²) in [5, 5.41) is 32.1. The van der Waals surface area contributed by atoms with Crippen molar-refractivity contribution in [2.75, 3.05) is 0 Å². The molecule has 1 aromatic carbocycles. The molecule has 2 heterocycles. The second-order valence-electron chi connectivity index (χ2n) is 6.77. The number of halogens is 1. The van der Waals surface area contributed by atoms with Crippen molar-refractivity contribution in [1.82, 2.24) is 40.3 Å². The molecule has 2 aromatic heterocycles. The van der Waals surface area contributed by atoms with Crippen molar-refractivity contribution in [1.29, 1.82) is 0 Å². The number of amides is 1. The van der Waals surface area contributed by atoms with E-state index in [0.29, 0.717) is 17.2 Å². The van der Waals surface area contributed by atoms with Gasteiger partial charge in [0.15, 0.2) is 5.82 Å². The van der Waals surface area contributed by atoms with E-state index in [1.807, 2.05) is 7.05 Å². The van der Waals surface area contributed by atoms with Crippen LogP contribution in [0.4, 0.5) is 4.39 Å². The van der Waals surface area contributed by atoms with E-state index in [0.717, 1.165) is 18.7 Å². The van der Waals surface area contributed by atoms with Gasteiger partial charge in [-0.2, -0.15) is 4.80 Å². The molecule has 1 amide bonds. The fourth-order valence-electron chi connectivity index (χ4n) is 3.24. The molecule has 0 aliphatic heterocycles. The van der Waals surface area contributed by atoms with Crippen LogP contribution in [0.25, 0.3) is 11.4 Å². The molecule has 1 aliphatic rings. The van der Waals surface area contributed by atoms with E-state index in [9.17, 15) is 14.3 Å². The van der Waals surface area contributed by atoms with Crippen LogP contribution in [0.1, 0.15) is 30.4 Å². The summed E-state index contributed by atoms with van der Waals surface area (Å²) in [6, 6.07) is 5.79. The maximum Gasteiger partial charge on any atom is 0.243 e. The number of hydrogen-bond acceptors (Lipinski definition) is 7. The summed E-state index contributed by atoms with van der Waals surface area (Å²) in [4.78, 5) is 13.4. The summed E-state index contributed by atoms with van der Waals surface area (Å²) in [6.07, 6.45) is 1.52. The van der Waals surface area contributed by atoms with Crippen molar-refractivity contribution in [2.45, 2.75) is 38.0 Å². The summed E-state index contributed by atoms with van der Waals surface area (Å²) < 4.78 is 14.8. The molecule has 10 nitrogen and oxygen atoms in total. The molecule has 1 aliphatic carbocycles. The largest absolute Gasteiger partial charge is 0.388 e. The van der Waals surface area contributed by atoms with Gasteiger partial charge in [0.1, 0.15) is 24.8 Å². The number of hydrogen-bond donors (Lipinski definition) is 2. The number of benzene rings is 1. The van der Waals surface area contributed by atoms with Gasteiger partial charge in [-0.15, -0.1) is 20.4 Å². The van der Waals surface area contributed by atoms with Gasteiger partial charge in [-0.1, -0.05) is 0 Å². The number of nitrogens with zero attached hydrogens (tertiary/aromatic N) is 7. The van der Waals surface area contributed by atoms with Crippen LogP contribution in [0.2, 0.25) is 0 Å². The van der Waals surface area contributed by atoms with Gasteiger partial charge >= 0.3 is 0 Å². The zero-order valence-electron chi connectivity index (χ0n) is 15.2. The molecule has 28 heavy (non-hydrogen) atoms. The molecule has 0 unspecified atom stereocenters. The number of rotatable bonds is 6. The zero-order chi connectivity index (χ0) is 19.7. The summed E-state index contributed by atoms with van der Waals surface area (Å²) in [6.45, 7) is -0.199. The van der Waals surface area contributed by atoms with Crippen LogP contribution in [-0.4, -0.2) is 52.0 Å². The lowest BCUT2D eigenvalue weighted by Gasteiger charge is -2.34. The second kappa shape index (κ2) is 7.43. The molecule has 146 valence electrons. The third-order valence-electron chi connectivity index (χ3n) is 4.85. The number of carbonyl (C=O) groups is 1. The van der Waals surface area contributed by atoms with E-state index < -0.39 is 0 Å². The van der Waals surface area contributed by atoms with E-state index >= 15 is 0 Å². The molecular formula is C17H19FN8O2. The fourth-order valence-corrected chi connectivity index (χ4v) is 3.24. The predicted molar refractivity (Wildman–Crippen MR) is 94.0 cm³/mol. The Labute approximate surface area is 159 Å². The number of tetrazole rings is 1. The number of carbonyl (C=O) groups excluding carboxylic acids is 1. The van der Waals surface area contributed by atoms with Gasteiger partial charge in [-0.3, -0.25) is 4.79 Å². The van der Waals surface area contributed by atoms with Crippen LogP contribution in [-0.2, 0) is 25.0 Å². The number of aliphatic hydroxyl groups is 1. The molecule has 2 N–H and O–H groups in total. The van der Waals surface area contributed by atoms with Crippen LogP contribution in [0, 0.1) is 5.82 Å². The van der Waals surface area contributed by atoms with Crippen LogP contribution < -0.4 is 5.32 Å². The number of aliphatic hydroxyl groups excluding tert-OH is 1. The zero-order valence-corrected chi connectivity index (χ0v) is 15.2. The van der Waals surface area contributed by atoms with Gasteiger partial charge in [0.25, 0.3) is 0 Å². The molecule has 0 saturated heterocycles. The Bertz CT molecular complexity index is 977. The lowest BCUT2D eigenvalue weighted by molar-refractivity contribution is -0.123. The van der Waals surface area contributed by atoms with E-state index in [-0.39, 0.29) is 36.8 Å². The highest BCUT2D eigenvalue weighted by Gasteiger charge is 2.34. The number of aromatic nitrogens is 7. The Morgan fingerprint density at radius 2 is 2.00 bits per heavy atom. The highest BCUT2D eigenvalue weighted by atomic mass is 19.1. The Morgan fingerprint density at radius 3 is 2.68 bits per heavy atom. The predicted octanol–water partition coefficient (Wildman–Crippen LogP) is 0.162. The highest BCUT2D eigenvalue weighted by Crippen LogP contribution is 2.35. The molecule has 4 rings (SSSR count). The first-order valence-electron chi connectivity index (χ1n) is 8.85. The van der Waals surface area contributed by atoms with Gasteiger partial charge in [0, 0.05) is 24.6 Å². The summed E-state index contributed by atoms with van der Waals surface area (Å²) in [5.74, 6) is 1.33. The Hall–Kier alpha value is -3.21. The van der Waals surface area contributed by atoms with Gasteiger partial charge < -0.3 is 15.0 Å². The van der Waals surface area contributed by atoms with Crippen molar-refractivity contribution in [2.24, 2.45) is 7.05 Å². The minimum atomic E-state index is -0.344. The van der Waals surface area contributed by atoms with Gasteiger partial charge in [0.2, 0.25) is 11.7 Å². The molecule has 11 heteroatoms. The van der Waals surface area contributed by atoms with E-state index in [1.165, 1.54) is 16.9 Å². The fraction of sp³-hybridized carbons (Fsp3) is 0.412. The first-order chi connectivity index (χ1) is 13.5. The van der Waals surface area contributed by atoms with Crippen molar-refractivity contribution < 1.29 is 14.3 Å². The maximum atomic E-state index is 13.0. The average molecular weight is 386 g/mol. The Kier molecular flexibility index (Phi) is 4.82. The second-order valence-corrected chi connectivity index (χ2v) is 6.77. The van der Waals surface area contributed by atoms with Gasteiger partial charge in [-0.05, 0) is 42.3 Å². The summed E-state index contributed by atoms with van der Waals surface area (Å²) >= 11 is 0. The van der Waals surface area contributed by atoms with Crippen LogP contribution in [0.5, 0.6) is 0 Å². The maximum absolute atomic E-state index is 13.0. The number of nitrogens with one attached hydrogen (secondary N) is 1. The Balaban J connectivity index is 1.29. The Morgan fingerprint density at radius 1 is 1.25 bits per heavy atom. The molecule has 0 bridgehead atoms. The SMILES string of the molecule is Cn1c(CO)nnc1C1CC(NC(=O)Cn2nnc(-c3ccc(F)cc3)n2)C1. The van der Waals surface area contributed by atoms with Gasteiger partial charge in [-0.25, -0.2) is 4.39 Å². The molecule has 3 aromatic rings. The first-order valence-corrected chi connectivity index (χ1v) is 8.85. The summed E-state index contributed by atoms with van der Waals surface area (Å²) in [7, 11) is 1.82. The lowest BCUT2D eigenvalue weighted by atomic mass is 9.79. The van der Waals surface area contributed by atoms with Gasteiger partial charge in [0.05, 0.1) is 0 Å². The smallest absolute Gasteiger partial charge is 0.243 e. The van der Waals surface area contributed by atoms with E-state index in [4.69, 9.17) is 0 Å². The van der Waals surface area contributed by atoms with Crippen LogP contribution in [0.3, 0.4) is 0 Å². The third kappa shape index (κ3) is 3.60. The topological polar surface area (TPSA) is 124 Å². The van der Waals surface area contributed by atoms with Crippen molar-refractivity contribution in [3.05, 3.63) is 41.7 Å². The quantitative estimate of drug-likeness (QED) is 0.618. The summed E-state index contributed by atoms with van der Waals surface area (Å²) in [5.41, 5.74) is 0.626. The normalized spacial score (nSPS) is 18.7. The highest BCUT2D eigenvalue weighted by molar-refractivity contribution is 5.76. The molecular weight excluding hydrogens is 367 g/mol. The van der Waals surface area contributed by atoms with Crippen molar-refractivity contribution in [3.63, 3.8) is 0 Å². The van der Waals surface area contributed by atoms with Crippen LogP contribution >= 0.6 is 0 Å². The molecule has 0 radical (unpaired) electrons. The van der Waals surface area contributed by atoms with Crippen molar-refractivity contribution >= 4 is 5.91 Å². The standard InChI is InChI=1S/C17H19FN8O2/c1-25-14(9-27)20-22-17(25)11-6-13(7-11)19-15(28)8-26-23-16(21-24-26)10-2-4-12(18)5-3-10/h2-5,11,13,27H,6-9H2,1H3,(H,19,28). The lowest BCUT2D eigenvalue weighted by Crippen LogP contribution is -2.45. The first kappa shape index (κ1) is 18.2. The van der Waals surface area contributed by atoms with Crippen molar-refractivity contribution in [3.8, 4) is 11.4 Å². The van der Waals surface area contributed by atoms with E-state index in [1.54, 1.807) is 16.7 Å². The minimum absolute atomic E-state index is 0.0476. The van der Waals surface area contributed by atoms with E-state index in [2.05, 4.69) is 30.9 Å². The molecule has 0 atom stereocenters. The molecule has 1 fully saturated rings.